The van der Waals surface area contributed by atoms with E-state index < -0.39 is 5.60 Å². The average Bonchev–Trinajstić information content (AvgIpc) is 2.02. The maximum atomic E-state index is 9.59. The first-order valence-electron chi connectivity index (χ1n) is 5.05. The number of hydrogen-bond acceptors (Lipinski definition) is 3. The maximum absolute atomic E-state index is 9.59. The molecule has 0 radical (unpaired) electrons. The molecule has 0 heterocycles. The molecule has 80 valence electrons. The van der Waals surface area contributed by atoms with E-state index in [9.17, 15) is 5.11 Å². The molecule has 3 heteroatoms. The molecular formula is C10H23NO2. The number of hydrogen-bond donors (Lipinski definition) is 3. The predicted octanol–water partition coefficient (Wildman–Crippen LogP) is 0.898. The Morgan fingerprint density at radius 2 is 1.85 bits per heavy atom. The van der Waals surface area contributed by atoms with Crippen LogP contribution in [0.1, 0.15) is 40.0 Å². The third-order valence-corrected chi connectivity index (χ3v) is 2.35. The molecule has 0 bridgehead atoms. The van der Waals surface area contributed by atoms with Gasteiger partial charge in [-0.05, 0) is 46.6 Å². The standard InChI is InChI=1S/C10H23NO2/c1-9(10(2,3)13)11-7-5-4-6-8-12/h9,11-13H,4-8H2,1-3H3. The van der Waals surface area contributed by atoms with Gasteiger partial charge in [0.05, 0.1) is 5.60 Å². The number of nitrogens with one attached hydrogen (secondary N) is 1. The summed E-state index contributed by atoms with van der Waals surface area (Å²) < 4.78 is 0. The van der Waals surface area contributed by atoms with Gasteiger partial charge < -0.3 is 15.5 Å². The first kappa shape index (κ1) is 12.9. The lowest BCUT2D eigenvalue weighted by atomic mass is 10.0. The molecule has 1 unspecified atom stereocenters. The average molecular weight is 189 g/mol. The van der Waals surface area contributed by atoms with Crippen LogP contribution in [0.4, 0.5) is 0 Å². The summed E-state index contributed by atoms with van der Waals surface area (Å²) in [7, 11) is 0. The molecule has 0 amide bonds. The van der Waals surface area contributed by atoms with Crippen molar-refractivity contribution in [3.63, 3.8) is 0 Å². The Hall–Kier alpha value is -0.120. The summed E-state index contributed by atoms with van der Waals surface area (Å²) in [4.78, 5) is 0. The van der Waals surface area contributed by atoms with Crippen LogP contribution in [-0.4, -0.2) is 35.0 Å². The van der Waals surface area contributed by atoms with Crippen molar-refractivity contribution in [1.29, 1.82) is 0 Å². The van der Waals surface area contributed by atoms with Crippen LogP contribution in [0.15, 0.2) is 0 Å². The van der Waals surface area contributed by atoms with Crippen molar-refractivity contribution in [2.75, 3.05) is 13.2 Å². The van der Waals surface area contributed by atoms with Gasteiger partial charge in [0, 0.05) is 12.6 Å². The van der Waals surface area contributed by atoms with Crippen LogP contribution in [0.2, 0.25) is 0 Å². The molecule has 0 saturated carbocycles. The fourth-order valence-corrected chi connectivity index (χ4v) is 0.982. The number of aliphatic hydroxyl groups is 2. The number of rotatable bonds is 7. The van der Waals surface area contributed by atoms with Gasteiger partial charge in [-0.25, -0.2) is 0 Å². The van der Waals surface area contributed by atoms with E-state index in [-0.39, 0.29) is 12.6 Å². The van der Waals surface area contributed by atoms with Gasteiger partial charge in [-0.3, -0.25) is 0 Å². The molecule has 0 fully saturated rings. The highest BCUT2D eigenvalue weighted by atomic mass is 16.3. The van der Waals surface area contributed by atoms with Gasteiger partial charge in [-0.15, -0.1) is 0 Å². The Labute approximate surface area is 81.2 Å². The van der Waals surface area contributed by atoms with Gasteiger partial charge in [0.15, 0.2) is 0 Å². The molecule has 0 aliphatic carbocycles. The largest absolute Gasteiger partial charge is 0.396 e. The van der Waals surface area contributed by atoms with E-state index in [1.807, 2.05) is 6.92 Å². The minimum atomic E-state index is -0.656. The molecule has 0 rings (SSSR count). The van der Waals surface area contributed by atoms with Crippen molar-refractivity contribution in [2.45, 2.75) is 51.7 Å². The molecule has 1 atom stereocenters. The first-order chi connectivity index (χ1) is 5.98. The van der Waals surface area contributed by atoms with Gasteiger partial charge >= 0.3 is 0 Å². The zero-order chi connectivity index (χ0) is 10.3. The molecule has 0 aliphatic rings. The molecule has 0 saturated heterocycles. The van der Waals surface area contributed by atoms with Crippen LogP contribution in [-0.2, 0) is 0 Å². The normalized spacial score (nSPS) is 14.5. The van der Waals surface area contributed by atoms with Crippen LogP contribution < -0.4 is 5.32 Å². The summed E-state index contributed by atoms with van der Waals surface area (Å²) in [6, 6.07) is 0.113. The lowest BCUT2D eigenvalue weighted by molar-refractivity contribution is 0.0443. The predicted molar refractivity (Wildman–Crippen MR) is 54.7 cm³/mol. The molecule has 0 spiro atoms. The van der Waals surface area contributed by atoms with Crippen molar-refractivity contribution in [1.82, 2.24) is 5.32 Å². The fourth-order valence-electron chi connectivity index (χ4n) is 0.982. The van der Waals surface area contributed by atoms with Crippen molar-refractivity contribution < 1.29 is 10.2 Å². The van der Waals surface area contributed by atoms with Crippen molar-refractivity contribution in [3.05, 3.63) is 0 Å². The Balaban J connectivity index is 3.32. The number of unbranched alkanes of at least 4 members (excludes halogenated alkanes) is 2. The summed E-state index contributed by atoms with van der Waals surface area (Å²) in [6.45, 7) is 6.77. The SMILES string of the molecule is CC(NCCCCCO)C(C)(C)O. The lowest BCUT2D eigenvalue weighted by Crippen LogP contribution is -2.44. The first-order valence-corrected chi connectivity index (χ1v) is 5.05. The van der Waals surface area contributed by atoms with E-state index in [0.717, 1.165) is 25.8 Å². The second-order valence-electron chi connectivity index (χ2n) is 4.11. The quantitative estimate of drug-likeness (QED) is 0.522. The molecule has 0 aliphatic heterocycles. The molecule has 0 aromatic rings. The topological polar surface area (TPSA) is 52.5 Å². The summed E-state index contributed by atoms with van der Waals surface area (Å²) in [6.07, 6.45) is 2.97. The van der Waals surface area contributed by atoms with Gasteiger partial charge in [0.2, 0.25) is 0 Å². The van der Waals surface area contributed by atoms with Crippen LogP contribution in [0, 0.1) is 0 Å². The molecule has 13 heavy (non-hydrogen) atoms. The Morgan fingerprint density at radius 3 is 2.31 bits per heavy atom. The molecule has 3 N–H and O–H groups in total. The molecular weight excluding hydrogens is 166 g/mol. The zero-order valence-electron chi connectivity index (χ0n) is 9.01. The van der Waals surface area contributed by atoms with E-state index >= 15 is 0 Å². The molecule has 0 aromatic heterocycles. The van der Waals surface area contributed by atoms with Crippen LogP contribution in [0.5, 0.6) is 0 Å². The number of aliphatic hydroxyl groups excluding tert-OH is 1. The van der Waals surface area contributed by atoms with E-state index in [2.05, 4.69) is 5.32 Å². The zero-order valence-corrected chi connectivity index (χ0v) is 9.01. The van der Waals surface area contributed by atoms with Gasteiger partial charge in [-0.2, -0.15) is 0 Å². The van der Waals surface area contributed by atoms with Gasteiger partial charge in [0.1, 0.15) is 0 Å². The molecule has 3 nitrogen and oxygen atoms in total. The summed E-state index contributed by atoms with van der Waals surface area (Å²) in [5, 5.41) is 21.4. The van der Waals surface area contributed by atoms with E-state index in [4.69, 9.17) is 5.11 Å². The highest BCUT2D eigenvalue weighted by Crippen LogP contribution is 2.07. The van der Waals surface area contributed by atoms with Crippen molar-refractivity contribution in [2.24, 2.45) is 0 Å². The lowest BCUT2D eigenvalue weighted by Gasteiger charge is -2.26. The fraction of sp³-hybridized carbons (Fsp3) is 1.00. The Morgan fingerprint density at radius 1 is 1.23 bits per heavy atom. The van der Waals surface area contributed by atoms with Crippen LogP contribution >= 0.6 is 0 Å². The van der Waals surface area contributed by atoms with E-state index in [1.54, 1.807) is 13.8 Å². The molecule has 0 aromatic carbocycles. The van der Waals surface area contributed by atoms with Crippen molar-refractivity contribution in [3.8, 4) is 0 Å². The third kappa shape index (κ3) is 6.99. The second kappa shape index (κ2) is 6.35. The monoisotopic (exact) mass is 189 g/mol. The van der Waals surface area contributed by atoms with E-state index in [1.165, 1.54) is 0 Å². The summed E-state index contributed by atoms with van der Waals surface area (Å²) in [5.74, 6) is 0. The van der Waals surface area contributed by atoms with Gasteiger partial charge in [0.25, 0.3) is 0 Å². The minimum Gasteiger partial charge on any atom is -0.396 e. The van der Waals surface area contributed by atoms with Crippen LogP contribution in [0.25, 0.3) is 0 Å². The summed E-state index contributed by atoms with van der Waals surface area (Å²) in [5.41, 5.74) is -0.656. The summed E-state index contributed by atoms with van der Waals surface area (Å²) >= 11 is 0. The Kier molecular flexibility index (Phi) is 6.29. The van der Waals surface area contributed by atoms with Crippen molar-refractivity contribution >= 4 is 0 Å². The highest BCUT2D eigenvalue weighted by molar-refractivity contribution is 4.79. The maximum Gasteiger partial charge on any atom is 0.0741 e. The smallest absolute Gasteiger partial charge is 0.0741 e. The van der Waals surface area contributed by atoms with E-state index in [0.29, 0.717) is 0 Å². The second-order valence-corrected chi connectivity index (χ2v) is 4.11. The highest BCUT2D eigenvalue weighted by Gasteiger charge is 2.20. The third-order valence-electron chi connectivity index (χ3n) is 2.35. The Bertz CT molecular complexity index is 121. The minimum absolute atomic E-state index is 0.113. The van der Waals surface area contributed by atoms with Gasteiger partial charge in [-0.1, -0.05) is 0 Å². The van der Waals surface area contributed by atoms with Crippen LogP contribution in [0.3, 0.4) is 0 Å².